The molecule has 4 N–H and O–H groups in total. The summed E-state index contributed by atoms with van der Waals surface area (Å²) in [7, 11) is 0. The minimum atomic E-state index is -1.36. The highest BCUT2D eigenvalue weighted by Gasteiger charge is 2.47. The van der Waals surface area contributed by atoms with Gasteiger partial charge < -0.3 is 20.6 Å². The Morgan fingerprint density at radius 1 is 1.24 bits per heavy atom. The minimum absolute atomic E-state index is 0.0585. The van der Waals surface area contributed by atoms with E-state index in [4.69, 9.17) is 0 Å². The number of hydrogen-bond acceptors (Lipinski definition) is 9. The van der Waals surface area contributed by atoms with Crippen molar-refractivity contribution >= 4 is 34.7 Å². The molecule has 2 saturated carbocycles. The van der Waals surface area contributed by atoms with Crippen molar-refractivity contribution in [3.05, 3.63) is 0 Å². The maximum atomic E-state index is 11.4. The first-order valence-electron chi connectivity index (χ1n) is 10.1. The number of thioether (sulfide) groups is 1. The number of carboxylic acid groups (broad SMARTS) is 1. The van der Waals surface area contributed by atoms with Gasteiger partial charge in [0.2, 0.25) is 0 Å². The van der Waals surface area contributed by atoms with Crippen LogP contribution in [0.15, 0.2) is 5.16 Å². The summed E-state index contributed by atoms with van der Waals surface area (Å²) in [4.78, 5) is 20.6. The van der Waals surface area contributed by atoms with Crippen LogP contribution in [0.25, 0.3) is 11.2 Å². The van der Waals surface area contributed by atoms with Crippen LogP contribution in [0.2, 0.25) is 0 Å². The topological polar surface area (TPSA) is 146 Å². The molecule has 0 aromatic carbocycles. The van der Waals surface area contributed by atoms with E-state index < -0.39 is 30.1 Å². The number of aliphatic carboxylic acids is 1. The van der Waals surface area contributed by atoms with Gasteiger partial charge in [0.05, 0.1) is 18.1 Å². The number of hydrogen-bond donors (Lipinski definition) is 4. The van der Waals surface area contributed by atoms with E-state index in [-0.39, 0.29) is 6.42 Å². The van der Waals surface area contributed by atoms with Crippen molar-refractivity contribution in [2.24, 2.45) is 5.92 Å². The zero-order chi connectivity index (χ0) is 20.5. The van der Waals surface area contributed by atoms with Crippen LogP contribution in [0.5, 0.6) is 0 Å². The standard InChI is InChI=1S/C18H26N6O4S/c1-2-7-29-18-20-15(19-9-5-3-4-6-9)12-16(21-18)24(23-22-12)11-8-10(17(27)28)13(25)14(11)26/h9-11,13-14,25-26H,2-8H2,1H3,(H,27,28)(H,19,20,21)/t10-,11+,13+,14-/m0/s1. The molecule has 0 spiro atoms. The van der Waals surface area contributed by atoms with Gasteiger partial charge in [-0.15, -0.1) is 5.10 Å². The quantitative estimate of drug-likeness (QED) is 0.382. The molecule has 0 bridgehead atoms. The summed E-state index contributed by atoms with van der Waals surface area (Å²) in [6.07, 6.45) is 2.93. The molecule has 2 aliphatic carbocycles. The number of aliphatic hydroxyl groups is 2. The molecule has 2 fully saturated rings. The molecular weight excluding hydrogens is 396 g/mol. The summed E-state index contributed by atoms with van der Waals surface area (Å²) >= 11 is 1.53. The van der Waals surface area contributed by atoms with Gasteiger partial charge in [0.25, 0.3) is 0 Å². The van der Waals surface area contributed by atoms with Gasteiger partial charge in [-0.05, 0) is 25.7 Å². The predicted molar refractivity (Wildman–Crippen MR) is 107 cm³/mol. The first-order valence-corrected chi connectivity index (χ1v) is 11.1. The summed E-state index contributed by atoms with van der Waals surface area (Å²) in [6.45, 7) is 2.08. The number of rotatable bonds is 7. The highest BCUT2D eigenvalue weighted by atomic mass is 32.2. The number of carbonyl (C=O) groups is 1. The van der Waals surface area contributed by atoms with E-state index in [1.165, 1.54) is 29.3 Å². The Morgan fingerprint density at radius 2 is 2.00 bits per heavy atom. The van der Waals surface area contributed by atoms with E-state index in [9.17, 15) is 20.1 Å². The lowest BCUT2D eigenvalue weighted by Crippen LogP contribution is -2.32. The molecule has 10 nitrogen and oxygen atoms in total. The van der Waals surface area contributed by atoms with Crippen molar-refractivity contribution in [1.29, 1.82) is 0 Å². The maximum Gasteiger partial charge on any atom is 0.309 e. The van der Waals surface area contributed by atoms with Crippen LogP contribution in [0, 0.1) is 5.92 Å². The van der Waals surface area contributed by atoms with Gasteiger partial charge >= 0.3 is 5.97 Å². The van der Waals surface area contributed by atoms with E-state index in [0.29, 0.717) is 28.2 Å². The minimum Gasteiger partial charge on any atom is -0.481 e. The number of anilines is 1. The molecule has 158 valence electrons. The normalized spacial score (nSPS) is 27.7. The monoisotopic (exact) mass is 422 g/mol. The molecule has 0 saturated heterocycles. The van der Waals surface area contributed by atoms with E-state index in [1.807, 2.05) is 0 Å². The van der Waals surface area contributed by atoms with Crippen LogP contribution in [0.4, 0.5) is 5.82 Å². The fourth-order valence-corrected chi connectivity index (χ4v) is 4.85. The lowest BCUT2D eigenvalue weighted by Gasteiger charge is -2.17. The number of carboxylic acids is 1. The smallest absolute Gasteiger partial charge is 0.309 e. The van der Waals surface area contributed by atoms with Gasteiger partial charge in [-0.2, -0.15) is 0 Å². The second-order valence-electron chi connectivity index (χ2n) is 7.76. The van der Waals surface area contributed by atoms with Crippen LogP contribution >= 0.6 is 11.8 Å². The SMILES string of the molecule is CCCSc1nc(NC2CCCC2)c2nnn([C@@H]3C[C@H](C(=O)O)[C@@H](O)[C@H]3O)c2n1. The molecule has 0 unspecified atom stereocenters. The highest BCUT2D eigenvalue weighted by molar-refractivity contribution is 7.99. The molecule has 0 amide bonds. The number of fused-ring (bicyclic) bond motifs is 1. The largest absolute Gasteiger partial charge is 0.481 e. The zero-order valence-corrected chi connectivity index (χ0v) is 17.0. The lowest BCUT2D eigenvalue weighted by molar-refractivity contribution is -0.145. The Kier molecular flexibility index (Phi) is 5.88. The Morgan fingerprint density at radius 3 is 2.66 bits per heavy atom. The Bertz CT molecular complexity index is 887. The van der Waals surface area contributed by atoms with Crippen molar-refractivity contribution in [1.82, 2.24) is 25.0 Å². The molecule has 4 atom stereocenters. The molecule has 0 radical (unpaired) electrons. The summed E-state index contributed by atoms with van der Waals surface area (Å²) in [5.41, 5.74) is 0.944. The summed E-state index contributed by atoms with van der Waals surface area (Å²) in [6, 6.07) is -0.382. The van der Waals surface area contributed by atoms with E-state index in [2.05, 4.69) is 32.5 Å². The highest BCUT2D eigenvalue weighted by Crippen LogP contribution is 2.37. The van der Waals surface area contributed by atoms with Crippen LogP contribution in [-0.2, 0) is 4.79 Å². The van der Waals surface area contributed by atoms with Gasteiger partial charge in [0, 0.05) is 11.8 Å². The molecule has 0 aliphatic heterocycles. The van der Waals surface area contributed by atoms with Crippen molar-refractivity contribution < 1.29 is 20.1 Å². The molecular formula is C18H26N6O4S. The van der Waals surface area contributed by atoms with Crippen LogP contribution in [0.1, 0.15) is 51.5 Å². The van der Waals surface area contributed by atoms with Gasteiger partial charge in [0.15, 0.2) is 22.1 Å². The van der Waals surface area contributed by atoms with Crippen molar-refractivity contribution in [2.45, 2.75) is 74.9 Å². The lowest BCUT2D eigenvalue weighted by atomic mass is 10.1. The molecule has 2 aromatic heterocycles. The predicted octanol–water partition coefficient (Wildman–Crippen LogP) is 1.45. The van der Waals surface area contributed by atoms with E-state index in [0.717, 1.165) is 25.0 Å². The fourth-order valence-electron chi connectivity index (χ4n) is 4.15. The molecule has 11 heteroatoms. The summed E-state index contributed by atoms with van der Waals surface area (Å²) in [5, 5.41) is 42.4. The zero-order valence-electron chi connectivity index (χ0n) is 16.2. The molecule has 2 aliphatic rings. The first-order chi connectivity index (χ1) is 14.0. The average Bonchev–Trinajstić information content (AvgIpc) is 3.41. The average molecular weight is 423 g/mol. The fraction of sp³-hybridized carbons (Fsp3) is 0.722. The van der Waals surface area contributed by atoms with Crippen molar-refractivity contribution in [3.63, 3.8) is 0 Å². The first kappa shape index (κ1) is 20.3. The van der Waals surface area contributed by atoms with E-state index >= 15 is 0 Å². The van der Waals surface area contributed by atoms with Gasteiger partial charge in [-0.1, -0.05) is 36.7 Å². The number of nitrogens with one attached hydrogen (secondary N) is 1. The summed E-state index contributed by atoms with van der Waals surface area (Å²) in [5.74, 6) is -0.710. The van der Waals surface area contributed by atoms with Crippen LogP contribution < -0.4 is 5.32 Å². The number of aliphatic hydroxyl groups excluding tert-OH is 2. The van der Waals surface area contributed by atoms with Crippen LogP contribution in [0.3, 0.4) is 0 Å². The van der Waals surface area contributed by atoms with Gasteiger partial charge in [-0.3, -0.25) is 4.79 Å². The number of aromatic nitrogens is 5. The Labute approximate surface area is 172 Å². The van der Waals surface area contributed by atoms with E-state index in [1.54, 1.807) is 0 Å². The molecule has 2 aromatic rings. The third kappa shape index (κ3) is 3.90. The third-order valence-corrected chi connectivity index (χ3v) is 6.77. The molecule has 4 rings (SSSR count). The van der Waals surface area contributed by atoms with Gasteiger partial charge in [-0.25, -0.2) is 14.6 Å². The maximum absolute atomic E-state index is 11.4. The third-order valence-electron chi connectivity index (χ3n) is 5.72. The second-order valence-corrected chi connectivity index (χ2v) is 8.83. The van der Waals surface area contributed by atoms with Gasteiger partial charge in [0.1, 0.15) is 6.10 Å². The summed E-state index contributed by atoms with van der Waals surface area (Å²) < 4.78 is 1.45. The van der Waals surface area contributed by atoms with Crippen LogP contribution in [-0.4, -0.2) is 70.3 Å². The molecule has 29 heavy (non-hydrogen) atoms. The second kappa shape index (κ2) is 8.41. The Hall–Kier alpha value is -1.98. The molecule has 2 heterocycles. The Balaban J connectivity index is 1.72. The van der Waals surface area contributed by atoms with Crippen molar-refractivity contribution in [3.8, 4) is 0 Å². The number of nitrogens with zero attached hydrogens (tertiary/aromatic N) is 5. The van der Waals surface area contributed by atoms with Crippen molar-refractivity contribution in [2.75, 3.05) is 11.1 Å².